The molecule has 0 saturated heterocycles. The first kappa shape index (κ1) is 13.1. The standard InChI is InChI=1S/C10H12Cl2O2S/c11-9-2-1-7(3-10(9)12)5-15-6-8(14)4-13/h1-3,8,13-14H,4-6H2/t8-/m0/s1. The minimum absolute atomic E-state index is 0.200. The van der Waals surface area contributed by atoms with Crippen LogP contribution < -0.4 is 0 Å². The van der Waals surface area contributed by atoms with Crippen molar-refractivity contribution in [3.8, 4) is 0 Å². The van der Waals surface area contributed by atoms with E-state index in [4.69, 9.17) is 33.4 Å². The van der Waals surface area contributed by atoms with Gasteiger partial charge in [-0.1, -0.05) is 29.3 Å². The van der Waals surface area contributed by atoms with Crippen LogP contribution in [-0.4, -0.2) is 28.7 Å². The first-order valence-corrected chi connectivity index (χ1v) is 6.35. The van der Waals surface area contributed by atoms with Crippen LogP contribution in [0.15, 0.2) is 18.2 Å². The summed E-state index contributed by atoms with van der Waals surface area (Å²) in [7, 11) is 0. The SMILES string of the molecule is OC[C@H](O)CSCc1ccc(Cl)c(Cl)c1. The minimum Gasteiger partial charge on any atom is -0.394 e. The molecule has 0 bridgehead atoms. The molecule has 0 spiro atoms. The van der Waals surface area contributed by atoms with Gasteiger partial charge in [-0.05, 0) is 17.7 Å². The Bertz CT molecular complexity index is 320. The summed E-state index contributed by atoms with van der Waals surface area (Å²) in [5.74, 6) is 1.25. The molecule has 1 atom stereocenters. The van der Waals surface area contributed by atoms with E-state index in [1.54, 1.807) is 17.8 Å². The highest BCUT2D eigenvalue weighted by Gasteiger charge is 2.03. The second kappa shape index (κ2) is 6.61. The van der Waals surface area contributed by atoms with Crippen molar-refractivity contribution >= 4 is 35.0 Å². The maximum absolute atomic E-state index is 9.12. The molecule has 1 rings (SSSR count). The van der Waals surface area contributed by atoms with Crippen molar-refractivity contribution in [2.45, 2.75) is 11.9 Å². The van der Waals surface area contributed by atoms with Crippen LogP contribution in [0.1, 0.15) is 5.56 Å². The highest BCUT2D eigenvalue weighted by molar-refractivity contribution is 7.98. The highest BCUT2D eigenvalue weighted by Crippen LogP contribution is 2.24. The van der Waals surface area contributed by atoms with Gasteiger partial charge in [0.15, 0.2) is 0 Å². The fourth-order valence-electron chi connectivity index (χ4n) is 0.995. The maximum Gasteiger partial charge on any atom is 0.0861 e. The van der Waals surface area contributed by atoms with Gasteiger partial charge in [-0.25, -0.2) is 0 Å². The van der Waals surface area contributed by atoms with Gasteiger partial charge in [-0.2, -0.15) is 11.8 Å². The number of aliphatic hydroxyl groups is 2. The van der Waals surface area contributed by atoms with Crippen LogP contribution in [0.3, 0.4) is 0 Å². The molecule has 0 heterocycles. The summed E-state index contributed by atoms with van der Waals surface area (Å²) in [6, 6.07) is 5.46. The van der Waals surface area contributed by atoms with Crippen LogP contribution in [0.4, 0.5) is 0 Å². The van der Waals surface area contributed by atoms with Gasteiger partial charge in [0.25, 0.3) is 0 Å². The molecule has 0 fully saturated rings. The van der Waals surface area contributed by atoms with Gasteiger partial charge in [0.05, 0.1) is 22.8 Å². The fraction of sp³-hybridized carbons (Fsp3) is 0.400. The van der Waals surface area contributed by atoms with E-state index in [-0.39, 0.29) is 6.61 Å². The number of rotatable bonds is 5. The lowest BCUT2D eigenvalue weighted by atomic mass is 10.2. The summed E-state index contributed by atoms with van der Waals surface area (Å²) in [6.45, 7) is -0.200. The summed E-state index contributed by atoms with van der Waals surface area (Å²) in [5, 5.41) is 18.8. The van der Waals surface area contributed by atoms with Crippen molar-refractivity contribution in [1.82, 2.24) is 0 Å². The highest BCUT2D eigenvalue weighted by atomic mass is 35.5. The molecule has 15 heavy (non-hydrogen) atoms. The fourth-order valence-corrected chi connectivity index (χ4v) is 2.23. The van der Waals surface area contributed by atoms with Gasteiger partial charge in [0, 0.05) is 11.5 Å². The Balaban J connectivity index is 2.41. The Labute approximate surface area is 103 Å². The van der Waals surface area contributed by atoms with E-state index < -0.39 is 6.10 Å². The van der Waals surface area contributed by atoms with Gasteiger partial charge >= 0.3 is 0 Å². The molecule has 0 amide bonds. The monoisotopic (exact) mass is 266 g/mol. The largest absolute Gasteiger partial charge is 0.394 e. The summed E-state index contributed by atoms with van der Waals surface area (Å²) in [5.41, 5.74) is 1.06. The number of hydrogen-bond donors (Lipinski definition) is 2. The van der Waals surface area contributed by atoms with E-state index in [2.05, 4.69) is 0 Å². The van der Waals surface area contributed by atoms with E-state index in [9.17, 15) is 0 Å². The van der Waals surface area contributed by atoms with Gasteiger partial charge in [-0.15, -0.1) is 0 Å². The van der Waals surface area contributed by atoms with Crippen molar-refractivity contribution < 1.29 is 10.2 Å². The molecule has 0 saturated carbocycles. The lowest BCUT2D eigenvalue weighted by Crippen LogP contribution is -2.14. The average molecular weight is 267 g/mol. The van der Waals surface area contributed by atoms with Crippen molar-refractivity contribution in [1.29, 1.82) is 0 Å². The average Bonchev–Trinajstić information content (AvgIpc) is 2.23. The Morgan fingerprint density at radius 3 is 2.60 bits per heavy atom. The lowest BCUT2D eigenvalue weighted by molar-refractivity contribution is 0.113. The zero-order chi connectivity index (χ0) is 11.3. The van der Waals surface area contributed by atoms with Crippen LogP contribution in [0.2, 0.25) is 10.0 Å². The second-order valence-corrected chi connectivity index (χ2v) is 4.94. The van der Waals surface area contributed by atoms with Crippen molar-refractivity contribution in [2.75, 3.05) is 12.4 Å². The van der Waals surface area contributed by atoms with Gasteiger partial charge < -0.3 is 10.2 Å². The van der Waals surface area contributed by atoms with Gasteiger partial charge in [0.1, 0.15) is 0 Å². The molecule has 2 nitrogen and oxygen atoms in total. The molecule has 0 aliphatic heterocycles. The molecular weight excluding hydrogens is 255 g/mol. The van der Waals surface area contributed by atoms with Crippen LogP contribution in [0, 0.1) is 0 Å². The summed E-state index contributed by atoms with van der Waals surface area (Å²) in [4.78, 5) is 0. The molecule has 0 radical (unpaired) electrons. The first-order chi connectivity index (χ1) is 7.13. The predicted octanol–water partition coefficient (Wildman–Crippen LogP) is 2.58. The molecule has 5 heteroatoms. The molecule has 2 N–H and O–H groups in total. The summed E-state index contributed by atoms with van der Waals surface area (Å²) in [6.07, 6.45) is -0.655. The molecule has 1 aromatic rings. The molecule has 0 unspecified atom stereocenters. The Hall–Kier alpha value is 0.0700. The smallest absolute Gasteiger partial charge is 0.0861 e. The molecular formula is C10H12Cl2O2S. The lowest BCUT2D eigenvalue weighted by Gasteiger charge is -2.07. The van der Waals surface area contributed by atoms with Crippen molar-refractivity contribution in [3.05, 3.63) is 33.8 Å². The Morgan fingerprint density at radius 2 is 2.00 bits per heavy atom. The zero-order valence-corrected chi connectivity index (χ0v) is 10.3. The van der Waals surface area contributed by atoms with Crippen LogP contribution >= 0.6 is 35.0 Å². The number of thioether (sulfide) groups is 1. The van der Waals surface area contributed by atoms with E-state index >= 15 is 0 Å². The second-order valence-electron chi connectivity index (χ2n) is 3.10. The molecule has 0 aromatic heterocycles. The molecule has 84 valence electrons. The predicted molar refractivity (Wildman–Crippen MR) is 65.7 cm³/mol. The number of halogens is 2. The Morgan fingerprint density at radius 1 is 1.27 bits per heavy atom. The van der Waals surface area contributed by atoms with Crippen LogP contribution in [0.25, 0.3) is 0 Å². The number of hydrogen-bond acceptors (Lipinski definition) is 3. The van der Waals surface area contributed by atoms with E-state index in [0.29, 0.717) is 15.8 Å². The number of aliphatic hydroxyl groups excluding tert-OH is 2. The topological polar surface area (TPSA) is 40.5 Å². The van der Waals surface area contributed by atoms with Gasteiger partial charge in [-0.3, -0.25) is 0 Å². The van der Waals surface area contributed by atoms with E-state index in [0.717, 1.165) is 11.3 Å². The third-order valence-corrected chi connectivity index (χ3v) is 3.67. The third-order valence-electron chi connectivity index (χ3n) is 1.77. The van der Waals surface area contributed by atoms with Crippen molar-refractivity contribution in [3.63, 3.8) is 0 Å². The normalized spacial score (nSPS) is 12.8. The molecule has 0 aliphatic rings. The first-order valence-electron chi connectivity index (χ1n) is 4.44. The van der Waals surface area contributed by atoms with Crippen LogP contribution in [0.5, 0.6) is 0 Å². The van der Waals surface area contributed by atoms with E-state index in [1.165, 1.54) is 0 Å². The Kier molecular flexibility index (Phi) is 5.79. The zero-order valence-electron chi connectivity index (χ0n) is 7.99. The van der Waals surface area contributed by atoms with Gasteiger partial charge in [0.2, 0.25) is 0 Å². The summed E-state index contributed by atoms with van der Waals surface area (Å²) >= 11 is 13.2. The molecule has 1 aromatic carbocycles. The summed E-state index contributed by atoms with van der Waals surface area (Å²) < 4.78 is 0. The van der Waals surface area contributed by atoms with Crippen molar-refractivity contribution in [2.24, 2.45) is 0 Å². The third kappa shape index (κ3) is 4.62. The molecule has 0 aliphatic carbocycles. The number of benzene rings is 1. The van der Waals surface area contributed by atoms with E-state index in [1.807, 2.05) is 12.1 Å². The minimum atomic E-state index is -0.655. The van der Waals surface area contributed by atoms with Crippen LogP contribution in [-0.2, 0) is 5.75 Å². The quantitative estimate of drug-likeness (QED) is 0.861. The maximum atomic E-state index is 9.12.